The number of rotatable bonds is 5. The Kier molecular flexibility index (Phi) is 5.34. The first-order valence-electron chi connectivity index (χ1n) is 7.42. The van der Waals surface area contributed by atoms with Crippen molar-refractivity contribution >= 4 is 52.1 Å². The highest BCUT2D eigenvalue weighted by Crippen LogP contribution is 2.34. The Balaban J connectivity index is 1.98. The van der Waals surface area contributed by atoms with Gasteiger partial charge in [0.05, 0.1) is 29.8 Å². The summed E-state index contributed by atoms with van der Waals surface area (Å²) in [5, 5.41) is 0.674. The molecule has 134 valence electrons. The first-order valence-corrected chi connectivity index (χ1v) is 8.79. The fraction of sp³-hybridized carbons (Fsp3) is 0.118. The molecule has 7 nitrogen and oxygen atoms in total. The second-order valence-electron chi connectivity index (χ2n) is 5.15. The molecule has 9 heteroatoms. The van der Waals surface area contributed by atoms with E-state index in [1.54, 1.807) is 30.3 Å². The zero-order chi connectivity index (χ0) is 18.7. The van der Waals surface area contributed by atoms with Crippen molar-refractivity contribution in [2.24, 2.45) is 10.7 Å². The third-order valence-electron chi connectivity index (χ3n) is 3.39. The van der Waals surface area contributed by atoms with E-state index in [9.17, 15) is 9.59 Å². The molecule has 0 bridgehead atoms. The summed E-state index contributed by atoms with van der Waals surface area (Å²) >= 11 is 7.23. The van der Waals surface area contributed by atoms with Crippen molar-refractivity contribution in [1.29, 1.82) is 0 Å². The van der Waals surface area contributed by atoms with Gasteiger partial charge in [0.1, 0.15) is 17.2 Å². The van der Waals surface area contributed by atoms with Crippen molar-refractivity contribution < 1.29 is 18.7 Å². The molecule has 1 aliphatic rings. The number of nitrogens with zero attached hydrogens (tertiary/aromatic N) is 2. The van der Waals surface area contributed by atoms with Crippen LogP contribution in [0.25, 0.3) is 6.08 Å². The van der Waals surface area contributed by atoms with Gasteiger partial charge in [-0.2, -0.15) is 0 Å². The molecule has 26 heavy (non-hydrogen) atoms. The number of aliphatic imine (C=N–C) groups is 1. The fourth-order valence-electron chi connectivity index (χ4n) is 2.26. The van der Waals surface area contributed by atoms with Crippen LogP contribution in [-0.4, -0.2) is 29.8 Å². The highest BCUT2D eigenvalue weighted by atomic mass is 35.5. The van der Waals surface area contributed by atoms with Gasteiger partial charge < -0.3 is 14.9 Å². The molecule has 0 saturated heterocycles. The second kappa shape index (κ2) is 7.67. The number of carbonyl (C=O) groups is 2. The van der Waals surface area contributed by atoms with Gasteiger partial charge in [0.2, 0.25) is 5.91 Å². The number of hydrogen-bond acceptors (Lipinski definition) is 6. The maximum atomic E-state index is 12.9. The zero-order valence-electron chi connectivity index (χ0n) is 13.6. The Morgan fingerprint density at radius 2 is 2.27 bits per heavy atom. The molecular formula is C17H14ClN3O4S. The largest absolute Gasteiger partial charge is 0.495 e. The SMILES string of the molecule is COc1ccc(N2C(=O)C(=Cc3ccco3)N=C2SCC(N)=O)cc1Cl. The molecule has 0 saturated carbocycles. The number of amidine groups is 1. The van der Waals surface area contributed by atoms with Crippen LogP contribution in [0.4, 0.5) is 5.69 Å². The summed E-state index contributed by atoms with van der Waals surface area (Å²) in [5.74, 6) is 0.0826. The molecular weight excluding hydrogens is 378 g/mol. The normalized spacial score (nSPS) is 15.5. The first-order chi connectivity index (χ1) is 12.5. The number of benzene rings is 1. The van der Waals surface area contributed by atoms with E-state index in [0.29, 0.717) is 27.4 Å². The van der Waals surface area contributed by atoms with Crippen molar-refractivity contribution in [2.75, 3.05) is 17.8 Å². The lowest BCUT2D eigenvalue weighted by atomic mass is 10.2. The number of ether oxygens (including phenoxy) is 1. The van der Waals surface area contributed by atoms with Crippen LogP contribution in [-0.2, 0) is 9.59 Å². The molecule has 2 aromatic rings. The minimum absolute atomic E-state index is 0.0134. The number of carbonyl (C=O) groups excluding carboxylic acids is 2. The van der Waals surface area contributed by atoms with Crippen LogP contribution >= 0.6 is 23.4 Å². The van der Waals surface area contributed by atoms with Crippen molar-refractivity contribution in [3.05, 3.63) is 53.1 Å². The smallest absolute Gasteiger partial charge is 0.283 e. The van der Waals surface area contributed by atoms with Gasteiger partial charge in [-0.05, 0) is 30.3 Å². The van der Waals surface area contributed by atoms with E-state index in [0.717, 1.165) is 11.8 Å². The summed E-state index contributed by atoms with van der Waals surface area (Å²) in [7, 11) is 1.50. The summed E-state index contributed by atoms with van der Waals surface area (Å²) < 4.78 is 10.4. The second-order valence-corrected chi connectivity index (χ2v) is 6.50. The minimum atomic E-state index is -0.513. The molecule has 0 spiro atoms. The average molecular weight is 392 g/mol. The number of methoxy groups -OCH3 is 1. The Morgan fingerprint density at radius 3 is 2.88 bits per heavy atom. The predicted octanol–water partition coefficient (Wildman–Crippen LogP) is 2.90. The van der Waals surface area contributed by atoms with Crippen LogP contribution in [0, 0.1) is 0 Å². The Bertz CT molecular complexity index is 909. The number of halogens is 1. The van der Waals surface area contributed by atoms with E-state index in [-0.39, 0.29) is 17.4 Å². The maximum absolute atomic E-state index is 12.9. The Morgan fingerprint density at radius 1 is 1.46 bits per heavy atom. The van der Waals surface area contributed by atoms with Gasteiger partial charge in [-0.1, -0.05) is 23.4 Å². The Hall–Kier alpha value is -2.71. The van der Waals surface area contributed by atoms with E-state index in [2.05, 4.69) is 4.99 Å². The van der Waals surface area contributed by atoms with E-state index in [1.165, 1.54) is 24.3 Å². The van der Waals surface area contributed by atoms with Gasteiger partial charge in [-0.25, -0.2) is 4.99 Å². The lowest BCUT2D eigenvalue weighted by Gasteiger charge is -2.18. The van der Waals surface area contributed by atoms with Crippen LogP contribution in [0.1, 0.15) is 5.76 Å². The summed E-state index contributed by atoms with van der Waals surface area (Å²) in [6, 6.07) is 8.33. The molecule has 1 aromatic heterocycles. The summed E-state index contributed by atoms with van der Waals surface area (Å²) in [6.45, 7) is 0. The van der Waals surface area contributed by atoms with E-state index < -0.39 is 5.91 Å². The molecule has 0 radical (unpaired) electrons. The summed E-state index contributed by atoms with van der Waals surface area (Å²) in [6.07, 6.45) is 3.03. The van der Waals surface area contributed by atoms with Crippen LogP contribution in [0.15, 0.2) is 51.7 Å². The number of primary amides is 1. The van der Waals surface area contributed by atoms with Gasteiger partial charge in [-0.15, -0.1) is 0 Å². The van der Waals surface area contributed by atoms with Crippen LogP contribution < -0.4 is 15.4 Å². The lowest BCUT2D eigenvalue weighted by molar-refractivity contribution is -0.115. The van der Waals surface area contributed by atoms with Crippen LogP contribution in [0.3, 0.4) is 0 Å². The third-order valence-corrected chi connectivity index (χ3v) is 4.65. The fourth-order valence-corrected chi connectivity index (χ4v) is 3.26. The molecule has 2 N–H and O–H groups in total. The van der Waals surface area contributed by atoms with E-state index in [4.69, 9.17) is 26.5 Å². The molecule has 0 fully saturated rings. The van der Waals surface area contributed by atoms with Crippen LogP contribution in [0.5, 0.6) is 5.75 Å². The highest BCUT2D eigenvalue weighted by Gasteiger charge is 2.32. The topological polar surface area (TPSA) is 98.1 Å². The average Bonchev–Trinajstić information content (AvgIpc) is 3.22. The molecule has 0 aliphatic carbocycles. The third kappa shape index (κ3) is 3.76. The first kappa shape index (κ1) is 18.1. The van der Waals surface area contributed by atoms with Gasteiger partial charge in [0.25, 0.3) is 5.91 Å². The monoisotopic (exact) mass is 391 g/mol. The van der Waals surface area contributed by atoms with E-state index >= 15 is 0 Å². The highest BCUT2D eigenvalue weighted by molar-refractivity contribution is 8.14. The predicted molar refractivity (Wildman–Crippen MR) is 101 cm³/mol. The van der Waals surface area contributed by atoms with Crippen molar-refractivity contribution in [1.82, 2.24) is 0 Å². The molecule has 0 atom stereocenters. The lowest BCUT2D eigenvalue weighted by Crippen LogP contribution is -2.31. The van der Waals surface area contributed by atoms with Gasteiger partial charge >= 0.3 is 0 Å². The number of furan rings is 1. The quantitative estimate of drug-likeness (QED) is 0.790. The molecule has 3 rings (SSSR count). The van der Waals surface area contributed by atoms with E-state index in [1.807, 2.05) is 0 Å². The van der Waals surface area contributed by atoms with Crippen LogP contribution in [0.2, 0.25) is 5.02 Å². The molecule has 1 aromatic carbocycles. The zero-order valence-corrected chi connectivity index (χ0v) is 15.2. The van der Waals surface area contributed by atoms with Crippen molar-refractivity contribution in [2.45, 2.75) is 0 Å². The Labute approximate surface area is 158 Å². The molecule has 2 heterocycles. The summed E-state index contributed by atoms with van der Waals surface area (Å²) in [4.78, 5) is 29.7. The van der Waals surface area contributed by atoms with Gasteiger partial charge in [-0.3, -0.25) is 14.5 Å². The molecule has 1 aliphatic heterocycles. The number of amides is 2. The minimum Gasteiger partial charge on any atom is -0.495 e. The number of nitrogens with two attached hydrogens (primary N) is 1. The maximum Gasteiger partial charge on any atom is 0.283 e. The standard InChI is InChI=1S/C17H14ClN3O4S/c1-24-14-5-4-10(7-12(14)18)21-16(23)13(8-11-3-2-6-25-11)20-17(21)26-9-15(19)22/h2-8H,9H2,1H3,(H2,19,22). The number of thioether (sulfide) groups is 1. The number of hydrogen-bond donors (Lipinski definition) is 1. The van der Waals surface area contributed by atoms with Crippen molar-refractivity contribution in [3.63, 3.8) is 0 Å². The molecule has 0 unspecified atom stereocenters. The number of anilines is 1. The van der Waals surface area contributed by atoms with Gasteiger partial charge in [0, 0.05) is 6.08 Å². The van der Waals surface area contributed by atoms with Gasteiger partial charge in [0.15, 0.2) is 5.17 Å². The molecule has 2 amide bonds. The summed E-state index contributed by atoms with van der Waals surface area (Å²) in [5.41, 5.74) is 5.89. The van der Waals surface area contributed by atoms with Crippen molar-refractivity contribution in [3.8, 4) is 5.75 Å².